The molecule has 3 aromatic rings. The molecule has 1 aliphatic rings. The average Bonchev–Trinajstić information content (AvgIpc) is 3.25. The van der Waals surface area contributed by atoms with Crippen LogP contribution in [0.1, 0.15) is 44.2 Å². The highest BCUT2D eigenvalue weighted by atomic mass is 16.7. The fourth-order valence-electron chi connectivity index (χ4n) is 3.63. The van der Waals surface area contributed by atoms with Crippen molar-refractivity contribution in [1.82, 2.24) is 5.32 Å². The molecular formula is C24H20NO5-. The molecular weight excluding hydrogens is 382 g/mol. The Morgan fingerprint density at radius 3 is 2.33 bits per heavy atom. The van der Waals surface area contributed by atoms with E-state index in [4.69, 9.17) is 9.47 Å². The Bertz CT molecular complexity index is 1060. The molecule has 3 aromatic carbocycles. The molecule has 0 fully saturated rings. The first-order valence-corrected chi connectivity index (χ1v) is 9.66. The smallest absolute Gasteiger partial charge is 0.251 e. The SMILES string of the molecule is O=C([O-])c1ccccc1C(=O)NCC[C@H](c1ccccc1)c1ccc2c(c1)OCO2. The van der Waals surface area contributed by atoms with Crippen LogP contribution in [0.5, 0.6) is 11.5 Å². The topological polar surface area (TPSA) is 87.7 Å². The molecule has 0 saturated heterocycles. The Balaban J connectivity index is 1.51. The van der Waals surface area contributed by atoms with Crippen LogP contribution in [-0.4, -0.2) is 25.2 Å². The quantitative estimate of drug-likeness (QED) is 0.657. The van der Waals surface area contributed by atoms with Crippen LogP contribution in [0.25, 0.3) is 0 Å². The first-order chi connectivity index (χ1) is 14.6. The number of nitrogens with one attached hydrogen (secondary N) is 1. The minimum Gasteiger partial charge on any atom is -0.545 e. The number of fused-ring (bicyclic) bond motifs is 1. The first-order valence-electron chi connectivity index (χ1n) is 9.66. The van der Waals surface area contributed by atoms with Crippen LogP contribution in [0.4, 0.5) is 0 Å². The third-order valence-corrected chi connectivity index (χ3v) is 5.11. The summed E-state index contributed by atoms with van der Waals surface area (Å²) in [5.74, 6) is -0.356. The number of hydrogen-bond donors (Lipinski definition) is 1. The molecule has 0 spiro atoms. The van der Waals surface area contributed by atoms with E-state index in [9.17, 15) is 14.7 Å². The minimum atomic E-state index is -1.37. The molecule has 0 radical (unpaired) electrons. The Kier molecular flexibility index (Phi) is 5.66. The summed E-state index contributed by atoms with van der Waals surface area (Å²) in [7, 11) is 0. The number of carbonyl (C=O) groups excluding carboxylic acids is 2. The maximum atomic E-state index is 12.5. The molecule has 1 N–H and O–H groups in total. The predicted octanol–water partition coefficient (Wildman–Crippen LogP) is 2.73. The summed E-state index contributed by atoms with van der Waals surface area (Å²) in [4.78, 5) is 23.8. The number of carbonyl (C=O) groups is 2. The van der Waals surface area contributed by atoms with Crippen molar-refractivity contribution in [3.8, 4) is 11.5 Å². The van der Waals surface area contributed by atoms with Crippen molar-refractivity contribution >= 4 is 11.9 Å². The molecule has 1 heterocycles. The number of amides is 1. The average molecular weight is 402 g/mol. The fourth-order valence-corrected chi connectivity index (χ4v) is 3.63. The van der Waals surface area contributed by atoms with Gasteiger partial charge in [-0.3, -0.25) is 4.79 Å². The van der Waals surface area contributed by atoms with Crippen molar-refractivity contribution in [2.45, 2.75) is 12.3 Å². The van der Waals surface area contributed by atoms with Gasteiger partial charge in [-0.05, 0) is 35.7 Å². The zero-order valence-electron chi connectivity index (χ0n) is 16.2. The van der Waals surface area contributed by atoms with Gasteiger partial charge < -0.3 is 24.7 Å². The van der Waals surface area contributed by atoms with Gasteiger partial charge in [-0.15, -0.1) is 0 Å². The van der Waals surface area contributed by atoms with E-state index < -0.39 is 11.9 Å². The number of ether oxygens (including phenoxy) is 2. The van der Waals surface area contributed by atoms with E-state index in [1.807, 2.05) is 48.5 Å². The van der Waals surface area contributed by atoms with Crippen LogP contribution < -0.4 is 19.9 Å². The Labute approximate surface area is 174 Å². The normalized spacial score (nSPS) is 12.9. The van der Waals surface area contributed by atoms with Gasteiger partial charge in [0.05, 0.1) is 5.97 Å². The standard InChI is InChI=1S/C24H21NO5/c26-23(19-8-4-5-9-20(19)24(27)28)25-13-12-18(16-6-2-1-3-7-16)17-10-11-21-22(14-17)30-15-29-21/h1-11,14,18H,12-13,15H2,(H,25,26)(H,27,28)/p-1/t18-/m1/s1. The number of carboxylic acid groups (broad SMARTS) is 1. The lowest BCUT2D eigenvalue weighted by Gasteiger charge is -2.19. The van der Waals surface area contributed by atoms with E-state index in [-0.39, 0.29) is 23.8 Å². The van der Waals surface area contributed by atoms with Gasteiger partial charge in [-0.2, -0.15) is 0 Å². The van der Waals surface area contributed by atoms with E-state index in [1.165, 1.54) is 12.1 Å². The molecule has 0 bridgehead atoms. The monoisotopic (exact) mass is 402 g/mol. The fraction of sp³-hybridized carbons (Fsp3) is 0.167. The molecule has 152 valence electrons. The Morgan fingerprint density at radius 2 is 1.57 bits per heavy atom. The van der Waals surface area contributed by atoms with Gasteiger partial charge in [0.15, 0.2) is 11.5 Å². The van der Waals surface area contributed by atoms with Crippen molar-refractivity contribution < 1.29 is 24.2 Å². The Morgan fingerprint density at radius 1 is 0.867 bits per heavy atom. The Hall–Kier alpha value is -3.80. The number of rotatable bonds is 7. The molecule has 6 nitrogen and oxygen atoms in total. The maximum absolute atomic E-state index is 12.5. The van der Waals surface area contributed by atoms with Crippen LogP contribution in [0.2, 0.25) is 0 Å². The maximum Gasteiger partial charge on any atom is 0.251 e. The van der Waals surface area contributed by atoms with Crippen molar-refractivity contribution in [2.75, 3.05) is 13.3 Å². The van der Waals surface area contributed by atoms with Gasteiger partial charge in [0.2, 0.25) is 6.79 Å². The molecule has 0 aliphatic carbocycles. The predicted molar refractivity (Wildman–Crippen MR) is 109 cm³/mol. The van der Waals surface area contributed by atoms with Crippen LogP contribution in [-0.2, 0) is 0 Å². The third-order valence-electron chi connectivity index (χ3n) is 5.11. The minimum absolute atomic E-state index is 0.0254. The van der Waals surface area contributed by atoms with Gasteiger partial charge in [-0.1, -0.05) is 54.6 Å². The molecule has 4 rings (SSSR count). The molecule has 1 atom stereocenters. The molecule has 1 amide bonds. The van der Waals surface area contributed by atoms with E-state index in [1.54, 1.807) is 12.1 Å². The van der Waals surface area contributed by atoms with Gasteiger partial charge in [0.25, 0.3) is 5.91 Å². The lowest BCUT2D eigenvalue weighted by atomic mass is 9.88. The molecule has 6 heteroatoms. The lowest BCUT2D eigenvalue weighted by molar-refractivity contribution is -0.255. The van der Waals surface area contributed by atoms with E-state index in [0.717, 1.165) is 16.9 Å². The summed E-state index contributed by atoms with van der Waals surface area (Å²) in [6.45, 7) is 0.580. The zero-order chi connectivity index (χ0) is 20.9. The highest BCUT2D eigenvalue weighted by Gasteiger charge is 2.20. The lowest BCUT2D eigenvalue weighted by Crippen LogP contribution is -2.30. The van der Waals surface area contributed by atoms with Crippen molar-refractivity contribution in [2.24, 2.45) is 0 Å². The van der Waals surface area contributed by atoms with Crippen LogP contribution in [0.3, 0.4) is 0 Å². The molecule has 0 aromatic heterocycles. The number of carboxylic acids is 1. The van der Waals surface area contributed by atoms with Crippen LogP contribution in [0, 0.1) is 0 Å². The second kappa shape index (κ2) is 8.69. The van der Waals surface area contributed by atoms with Gasteiger partial charge >= 0.3 is 0 Å². The van der Waals surface area contributed by atoms with Crippen LogP contribution >= 0.6 is 0 Å². The third kappa shape index (κ3) is 4.12. The summed E-state index contributed by atoms with van der Waals surface area (Å²) in [6, 6.07) is 21.9. The van der Waals surface area contributed by atoms with Crippen molar-refractivity contribution in [1.29, 1.82) is 0 Å². The summed E-state index contributed by atoms with van der Waals surface area (Å²) >= 11 is 0. The van der Waals surface area contributed by atoms with Gasteiger partial charge in [0.1, 0.15) is 0 Å². The van der Waals surface area contributed by atoms with E-state index in [0.29, 0.717) is 18.7 Å². The molecule has 30 heavy (non-hydrogen) atoms. The summed E-state index contributed by atoms with van der Waals surface area (Å²) < 4.78 is 10.9. The molecule has 1 aliphatic heterocycles. The largest absolute Gasteiger partial charge is 0.545 e. The first kappa shape index (κ1) is 19.5. The van der Waals surface area contributed by atoms with E-state index >= 15 is 0 Å². The van der Waals surface area contributed by atoms with E-state index in [2.05, 4.69) is 5.32 Å². The second-order valence-corrected chi connectivity index (χ2v) is 6.95. The van der Waals surface area contributed by atoms with Crippen LogP contribution in [0.15, 0.2) is 72.8 Å². The summed E-state index contributed by atoms with van der Waals surface area (Å²) in [5, 5.41) is 14.1. The van der Waals surface area contributed by atoms with Crippen molar-refractivity contribution in [3.05, 3.63) is 95.1 Å². The number of hydrogen-bond acceptors (Lipinski definition) is 5. The summed E-state index contributed by atoms with van der Waals surface area (Å²) in [5.41, 5.74) is 2.14. The van der Waals surface area contributed by atoms with Gasteiger partial charge in [-0.25, -0.2) is 0 Å². The zero-order valence-corrected chi connectivity index (χ0v) is 16.2. The van der Waals surface area contributed by atoms with Crippen molar-refractivity contribution in [3.63, 3.8) is 0 Å². The number of aromatic carboxylic acids is 1. The number of benzene rings is 3. The highest BCUT2D eigenvalue weighted by Crippen LogP contribution is 2.37. The summed E-state index contributed by atoms with van der Waals surface area (Å²) in [6.07, 6.45) is 0.628. The molecule has 0 unspecified atom stereocenters. The highest BCUT2D eigenvalue weighted by molar-refractivity contribution is 6.04. The second-order valence-electron chi connectivity index (χ2n) is 6.95. The molecule has 0 saturated carbocycles. The van der Waals surface area contributed by atoms with Gasteiger partial charge in [0, 0.05) is 23.6 Å².